The van der Waals surface area contributed by atoms with Crippen molar-refractivity contribution in [3.63, 3.8) is 0 Å². The fraction of sp³-hybridized carbons (Fsp3) is 0.118. The summed E-state index contributed by atoms with van der Waals surface area (Å²) in [7, 11) is 2.87. The summed E-state index contributed by atoms with van der Waals surface area (Å²) in [5, 5.41) is 10.4. The van der Waals surface area contributed by atoms with Crippen LogP contribution in [0.25, 0.3) is 6.08 Å². The fourth-order valence-corrected chi connectivity index (χ4v) is 1.99. The van der Waals surface area contributed by atoms with Crippen LogP contribution in [-0.4, -0.2) is 25.1 Å². The Morgan fingerprint density at radius 2 is 1.75 bits per heavy atom. The molecule has 0 aliphatic rings. The lowest BCUT2D eigenvalue weighted by atomic mass is 10.2. The minimum atomic E-state index is -0.598. The van der Waals surface area contributed by atoms with Crippen LogP contribution in [0.4, 0.5) is 0 Å². The summed E-state index contributed by atoms with van der Waals surface area (Å²) in [5.41, 5.74) is 0.819. The minimum absolute atomic E-state index is 0.201. The SMILES string of the molecule is COc1cc(C=C[N+](=O)[O-])ccc1OC(=O)c1ccccc1OC. The summed E-state index contributed by atoms with van der Waals surface area (Å²) in [5.74, 6) is 0.279. The summed E-state index contributed by atoms with van der Waals surface area (Å²) >= 11 is 0. The Labute approximate surface area is 138 Å². The van der Waals surface area contributed by atoms with E-state index in [0.29, 0.717) is 11.3 Å². The lowest BCUT2D eigenvalue weighted by Gasteiger charge is -2.11. The van der Waals surface area contributed by atoms with Crippen LogP contribution in [0.1, 0.15) is 15.9 Å². The van der Waals surface area contributed by atoms with Gasteiger partial charge in [-0.2, -0.15) is 0 Å². The minimum Gasteiger partial charge on any atom is -0.496 e. The second-order valence-corrected chi connectivity index (χ2v) is 4.60. The Kier molecular flexibility index (Phi) is 5.51. The molecule has 24 heavy (non-hydrogen) atoms. The number of methoxy groups -OCH3 is 2. The Morgan fingerprint density at radius 1 is 1.04 bits per heavy atom. The smallest absolute Gasteiger partial charge is 0.347 e. The molecular formula is C17H15NO6. The van der Waals surface area contributed by atoms with Gasteiger partial charge in [-0.25, -0.2) is 4.79 Å². The molecule has 0 amide bonds. The van der Waals surface area contributed by atoms with E-state index in [1.165, 1.54) is 32.4 Å². The Bertz CT molecular complexity index is 784. The summed E-state index contributed by atoms with van der Waals surface area (Å²) in [4.78, 5) is 22.1. The number of para-hydroxylation sites is 1. The second kappa shape index (κ2) is 7.77. The molecule has 0 radical (unpaired) electrons. The molecular weight excluding hydrogens is 314 g/mol. The highest BCUT2D eigenvalue weighted by Crippen LogP contribution is 2.30. The zero-order chi connectivity index (χ0) is 17.5. The van der Waals surface area contributed by atoms with Gasteiger partial charge in [0, 0.05) is 6.08 Å². The lowest BCUT2D eigenvalue weighted by molar-refractivity contribution is -0.400. The molecule has 0 saturated heterocycles. The molecule has 0 aromatic heterocycles. The van der Waals surface area contributed by atoms with E-state index in [2.05, 4.69) is 0 Å². The van der Waals surface area contributed by atoms with E-state index in [1.54, 1.807) is 30.3 Å². The van der Waals surface area contributed by atoms with Crippen molar-refractivity contribution in [3.05, 3.63) is 69.9 Å². The highest BCUT2D eigenvalue weighted by atomic mass is 16.6. The van der Waals surface area contributed by atoms with Gasteiger partial charge < -0.3 is 14.2 Å². The summed E-state index contributed by atoms with van der Waals surface area (Å²) < 4.78 is 15.6. The number of ether oxygens (including phenoxy) is 3. The van der Waals surface area contributed by atoms with Gasteiger partial charge in [0.05, 0.1) is 19.1 Å². The van der Waals surface area contributed by atoms with E-state index in [1.807, 2.05) is 0 Å². The zero-order valence-corrected chi connectivity index (χ0v) is 13.1. The Balaban J connectivity index is 2.26. The molecule has 2 aromatic rings. The van der Waals surface area contributed by atoms with Crippen molar-refractivity contribution in [2.45, 2.75) is 0 Å². The molecule has 0 unspecified atom stereocenters. The van der Waals surface area contributed by atoms with E-state index >= 15 is 0 Å². The molecule has 2 rings (SSSR count). The predicted molar refractivity (Wildman–Crippen MR) is 87.0 cm³/mol. The van der Waals surface area contributed by atoms with E-state index in [9.17, 15) is 14.9 Å². The number of rotatable bonds is 6. The number of hydrogen-bond donors (Lipinski definition) is 0. The van der Waals surface area contributed by atoms with Gasteiger partial charge >= 0.3 is 5.97 Å². The molecule has 7 nitrogen and oxygen atoms in total. The van der Waals surface area contributed by atoms with Gasteiger partial charge in [-0.15, -0.1) is 0 Å². The first kappa shape index (κ1) is 17.0. The Hall–Kier alpha value is -3.35. The number of nitro groups is 1. The number of nitrogens with zero attached hydrogens (tertiary/aromatic N) is 1. The van der Waals surface area contributed by atoms with Gasteiger partial charge in [0.15, 0.2) is 11.5 Å². The highest BCUT2D eigenvalue weighted by molar-refractivity contribution is 5.94. The van der Waals surface area contributed by atoms with E-state index in [4.69, 9.17) is 14.2 Å². The maximum Gasteiger partial charge on any atom is 0.347 e. The van der Waals surface area contributed by atoms with Crippen molar-refractivity contribution in [1.82, 2.24) is 0 Å². The van der Waals surface area contributed by atoms with Crippen LogP contribution < -0.4 is 14.2 Å². The third-order valence-corrected chi connectivity index (χ3v) is 3.11. The molecule has 0 saturated carbocycles. The molecule has 0 bridgehead atoms. The average Bonchev–Trinajstić information content (AvgIpc) is 2.60. The molecule has 0 N–H and O–H groups in total. The van der Waals surface area contributed by atoms with Crippen molar-refractivity contribution in [2.24, 2.45) is 0 Å². The van der Waals surface area contributed by atoms with Gasteiger partial charge in [-0.3, -0.25) is 10.1 Å². The lowest BCUT2D eigenvalue weighted by Crippen LogP contribution is -2.10. The number of benzene rings is 2. The maximum atomic E-state index is 12.3. The molecule has 2 aromatic carbocycles. The molecule has 0 fully saturated rings. The van der Waals surface area contributed by atoms with Crippen molar-refractivity contribution < 1.29 is 23.9 Å². The first-order valence-electron chi connectivity index (χ1n) is 6.90. The topological polar surface area (TPSA) is 87.9 Å². The largest absolute Gasteiger partial charge is 0.496 e. The summed E-state index contributed by atoms with van der Waals surface area (Å²) in [6.07, 6.45) is 2.13. The van der Waals surface area contributed by atoms with Crippen molar-refractivity contribution in [2.75, 3.05) is 14.2 Å². The van der Waals surface area contributed by atoms with Crippen LogP contribution in [0.2, 0.25) is 0 Å². The normalized spacial score (nSPS) is 10.4. The van der Waals surface area contributed by atoms with Gasteiger partial charge in [0.1, 0.15) is 11.3 Å². The zero-order valence-electron chi connectivity index (χ0n) is 13.1. The molecule has 124 valence electrons. The first-order chi connectivity index (χ1) is 11.5. The molecule has 7 heteroatoms. The third kappa shape index (κ3) is 4.10. The van der Waals surface area contributed by atoms with Crippen molar-refractivity contribution in [1.29, 1.82) is 0 Å². The van der Waals surface area contributed by atoms with Crippen molar-refractivity contribution >= 4 is 12.0 Å². The molecule has 0 atom stereocenters. The Morgan fingerprint density at radius 3 is 2.42 bits per heavy atom. The van der Waals surface area contributed by atoms with Crippen LogP contribution in [-0.2, 0) is 0 Å². The summed E-state index contributed by atoms with van der Waals surface area (Å²) in [6, 6.07) is 11.3. The fourth-order valence-electron chi connectivity index (χ4n) is 1.99. The summed E-state index contributed by atoms with van der Waals surface area (Å²) in [6.45, 7) is 0. The number of carbonyl (C=O) groups excluding carboxylic acids is 1. The van der Waals surface area contributed by atoms with E-state index in [0.717, 1.165) is 6.20 Å². The molecule has 0 spiro atoms. The highest BCUT2D eigenvalue weighted by Gasteiger charge is 2.16. The standard InChI is InChI=1S/C17H15NO6/c1-22-14-6-4-3-5-13(14)17(19)24-15-8-7-12(9-10-18(20)21)11-16(15)23-2/h3-11H,1-2H3. The van der Waals surface area contributed by atoms with Crippen LogP contribution in [0.3, 0.4) is 0 Å². The van der Waals surface area contributed by atoms with Gasteiger partial charge in [0.25, 0.3) is 0 Å². The maximum absolute atomic E-state index is 12.3. The van der Waals surface area contributed by atoms with E-state index in [-0.39, 0.29) is 17.1 Å². The van der Waals surface area contributed by atoms with Crippen LogP contribution in [0, 0.1) is 10.1 Å². The van der Waals surface area contributed by atoms with E-state index < -0.39 is 10.9 Å². The second-order valence-electron chi connectivity index (χ2n) is 4.60. The first-order valence-corrected chi connectivity index (χ1v) is 6.90. The number of esters is 1. The molecule has 0 heterocycles. The molecule has 0 aliphatic carbocycles. The van der Waals surface area contributed by atoms with Crippen LogP contribution >= 0.6 is 0 Å². The monoisotopic (exact) mass is 329 g/mol. The predicted octanol–water partition coefficient (Wildman–Crippen LogP) is 3.17. The van der Waals surface area contributed by atoms with Crippen LogP contribution in [0.5, 0.6) is 17.2 Å². The van der Waals surface area contributed by atoms with Crippen LogP contribution in [0.15, 0.2) is 48.7 Å². The quantitative estimate of drug-likeness (QED) is 0.350. The van der Waals surface area contributed by atoms with Gasteiger partial charge in [-0.1, -0.05) is 18.2 Å². The number of carbonyl (C=O) groups is 1. The van der Waals surface area contributed by atoms with Gasteiger partial charge in [0.2, 0.25) is 6.20 Å². The average molecular weight is 329 g/mol. The van der Waals surface area contributed by atoms with Gasteiger partial charge in [-0.05, 0) is 29.8 Å². The van der Waals surface area contributed by atoms with Crippen molar-refractivity contribution in [3.8, 4) is 17.2 Å². The molecule has 0 aliphatic heterocycles. The third-order valence-electron chi connectivity index (χ3n) is 3.11. The number of hydrogen-bond acceptors (Lipinski definition) is 6.